The third kappa shape index (κ3) is 4.16. The Morgan fingerprint density at radius 2 is 2.19 bits per heavy atom. The van der Waals surface area contributed by atoms with Gasteiger partial charge in [-0.25, -0.2) is 9.37 Å². The van der Waals surface area contributed by atoms with E-state index in [0.29, 0.717) is 30.7 Å². The van der Waals surface area contributed by atoms with Crippen molar-refractivity contribution < 1.29 is 13.9 Å². The topological polar surface area (TPSA) is 92.2 Å². The number of halogens is 1. The number of carbonyl (C=O) groups excluding carboxylic acids is 1. The normalized spacial score (nSPS) is 17.6. The number of nitrogens with zero attached hydrogens (tertiary/aromatic N) is 3. The molecule has 1 fully saturated rings. The fourth-order valence-corrected chi connectivity index (χ4v) is 2.86. The first-order valence-electron chi connectivity index (χ1n) is 8.37. The number of nitriles is 1. The minimum atomic E-state index is -0.951. The molecule has 1 unspecified atom stereocenters. The lowest BCUT2D eigenvalue weighted by Crippen LogP contribution is -2.44. The van der Waals surface area contributed by atoms with Crippen molar-refractivity contribution in [2.24, 2.45) is 5.73 Å². The van der Waals surface area contributed by atoms with Crippen molar-refractivity contribution in [2.45, 2.75) is 25.1 Å². The van der Waals surface area contributed by atoms with Crippen LogP contribution >= 0.6 is 0 Å². The highest BCUT2D eigenvalue weighted by Crippen LogP contribution is 2.23. The third-order valence-electron chi connectivity index (χ3n) is 4.24. The fraction of sp³-hybridized carbons (Fsp3) is 0.316. The number of alkyl halides is 1. The summed E-state index contributed by atoms with van der Waals surface area (Å²) in [4.78, 5) is 17.8. The molecule has 1 saturated heterocycles. The Bertz CT molecular complexity index is 819. The van der Waals surface area contributed by atoms with Crippen molar-refractivity contribution in [3.05, 3.63) is 53.7 Å². The summed E-state index contributed by atoms with van der Waals surface area (Å²) < 4.78 is 18.8. The molecule has 2 atom stereocenters. The minimum absolute atomic E-state index is 0.130. The SMILES string of the molecule is N#Cc1cccnc1Oc1ccc(CC(N)C(=O)N2CC[C@H](F)C2)cc1. The van der Waals surface area contributed by atoms with Crippen LogP contribution in [0.3, 0.4) is 0 Å². The van der Waals surface area contributed by atoms with Gasteiger partial charge in [-0.3, -0.25) is 4.79 Å². The molecule has 1 aliphatic rings. The number of likely N-dealkylation sites (tertiary alicyclic amines) is 1. The number of hydrogen-bond donors (Lipinski definition) is 1. The zero-order valence-electron chi connectivity index (χ0n) is 14.1. The average molecular weight is 354 g/mol. The molecule has 134 valence electrons. The van der Waals surface area contributed by atoms with Crippen molar-refractivity contribution in [1.82, 2.24) is 9.88 Å². The van der Waals surface area contributed by atoms with Crippen molar-refractivity contribution in [3.8, 4) is 17.7 Å². The summed E-state index contributed by atoms with van der Waals surface area (Å²) in [5, 5.41) is 9.05. The summed E-state index contributed by atoms with van der Waals surface area (Å²) in [6, 6.07) is 11.7. The Morgan fingerprint density at radius 3 is 2.85 bits per heavy atom. The number of carbonyl (C=O) groups is 1. The van der Waals surface area contributed by atoms with Crippen LogP contribution in [0.15, 0.2) is 42.6 Å². The first-order valence-corrected chi connectivity index (χ1v) is 8.37. The van der Waals surface area contributed by atoms with Crippen molar-refractivity contribution in [3.63, 3.8) is 0 Å². The predicted octanol–water partition coefficient (Wildman–Crippen LogP) is 2.19. The number of amides is 1. The molecule has 1 aromatic heterocycles. The molecule has 26 heavy (non-hydrogen) atoms. The van der Waals surface area contributed by atoms with Gasteiger partial charge in [0.2, 0.25) is 11.8 Å². The van der Waals surface area contributed by atoms with E-state index in [4.69, 9.17) is 15.7 Å². The molecule has 1 amide bonds. The Morgan fingerprint density at radius 1 is 1.42 bits per heavy atom. The molecule has 2 aromatic rings. The van der Waals surface area contributed by atoms with E-state index < -0.39 is 12.2 Å². The number of aromatic nitrogens is 1. The highest BCUT2D eigenvalue weighted by Gasteiger charge is 2.29. The van der Waals surface area contributed by atoms with Gasteiger partial charge in [0.05, 0.1) is 12.6 Å². The van der Waals surface area contributed by atoms with Crippen molar-refractivity contribution >= 4 is 5.91 Å². The molecule has 2 heterocycles. The summed E-state index contributed by atoms with van der Waals surface area (Å²) in [5.74, 6) is 0.547. The van der Waals surface area contributed by atoms with Gasteiger partial charge in [-0.15, -0.1) is 0 Å². The molecule has 7 heteroatoms. The van der Waals surface area contributed by atoms with Gasteiger partial charge < -0.3 is 15.4 Å². The second kappa shape index (κ2) is 7.93. The smallest absolute Gasteiger partial charge is 0.239 e. The average Bonchev–Trinajstić information content (AvgIpc) is 3.09. The van der Waals surface area contributed by atoms with Gasteiger partial charge in [0.15, 0.2) is 0 Å². The largest absolute Gasteiger partial charge is 0.438 e. The molecule has 0 bridgehead atoms. The fourth-order valence-electron chi connectivity index (χ4n) is 2.86. The quantitative estimate of drug-likeness (QED) is 0.888. The third-order valence-corrected chi connectivity index (χ3v) is 4.24. The highest BCUT2D eigenvalue weighted by atomic mass is 19.1. The molecular formula is C19H19FN4O2. The van der Waals surface area contributed by atoms with Crippen molar-refractivity contribution in [2.75, 3.05) is 13.1 Å². The van der Waals surface area contributed by atoms with E-state index in [0.717, 1.165) is 5.56 Å². The lowest BCUT2D eigenvalue weighted by Gasteiger charge is -2.20. The summed E-state index contributed by atoms with van der Waals surface area (Å²) in [7, 11) is 0. The number of hydrogen-bond acceptors (Lipinski definition) is 5. The van der Waals surface area contributed by atoms with Gasteiger partial charge in [-0.2, -0.15) is 5.26 Å². The number of rotatable bonds is 5. The molecule has 6 nitrogen and oxygen atoms in total. The number of ether oxygens (including phenoxy) is 1. The predicted molar refractivity (Wildman–Crippen MR) is 93.2 cm³/mol. The van der Waals surface area contributed by atoms with Crippen LogP contribution in [-0.2, 0) is 11.2 Å². The van der Waals surface area contributed by atoms with E-state index in [9.17, 15) is 9.18 Å². The highest BCUT2D eigenvalue weighted by molar-refractivity contribution is 5.82. The zero-order chi connectivity index (χ0) is 18.5. The van der Waals surface area contributed by atoms with Crippen LogP contribution < -0.4 is 10.5 Å². The lowest BCUT2D eigenvalue weighted by atomic mass is 10.1. The molecule has 2 N–H and O–H groups in total. The van der Waals surface area contributed by atoms with Crippen molar-refractivity contribution in [1.29, 1.82) is 5.26 Å². The molecule has 0 aliphatic carbocycles. The summed E-state index contributed by atoms with van der Waals surface area (Å²) in [6.45, 7) is 0.552. The molecular weight excluding hydrogens is 335 g/mol. The second-order valence-corrected chi connectivity index (χ2v) is 6.19. The lowest BCUT2D eigenvalue weighted by molar-refractivity contribution is -0.131. The van der Waals surface area contributed by atoms with E-state index in [1.54, 1.807) is 42.6 Å². The van der Waals surface area contributed by atoms with Crippen LogP contribution in [0.4, 0.5) is 4.39 Å². The van der Waals surface area contributed by atoms with Gasteiger partial charge in [0, 0.05) is 12.7 Å². The van der Waals surface area contributed by atoms with Crippen LogP contribution in [0.2, 0.25) is 0 Å². The van der Waals surface area contributed by atoms with E-state index >= 15 is 0 Å². The van der Waals surface area contributed by atoms with Crippen LogP contribution in [-0.4, -0.2) is 41.1 Å². The van der Waals surface area contributed by atoms with Gasteiger partial charge in [-0.1, -0.05) is 12.1 Å². The molecule has 1 aromatic carbocycles. The number of pyridine rings is 1. The molecule has 0 saturated carbocycles. The van der Waals surface area contributed by atoms with E-state index in [2.05, 4.69) is 4.98 Å². The van der Waals surface area contributed by atoms with Gasteiger partial charge in [-0.05, 0) is 42.7 Å². The van der Waals surface area contributed by atoms with Crippen LogP contribution in [0.5, 0.6) is 11.6 Å². The monoisotopic (exact) mass is 354 g/mol. The Balaban J connectivity index is 1.61. The summed E-state index contributed by atoms with van der Waals surface area (Å²) in [5.41, 5.74) is 7.20. The van der Waals surface area contributed by atoms with Gasteiger partial charge in [0.25, 0.3) is 0 Å². The Hall–Kier alpha value is -2.98. The van der Waals surface area contributed by atoms with Crippen LogP contribution in [0.1, 0.15) is 17.5 Å². The van der Waals surface area contributed by atoms with E-state index in [-0.39, 0.29) is 18.3 Å². The standard InChI is InChI=1S/C19H19FN4O2/c20-15-7-9-24(12-15)19(25)17(22)10-13-3-5-16(6-4-13)26-18-14(11-21)2-1-8-23-18/h1-6,8,15,17H,7,9-10,12,22H2/t15-,17?/m0/s1. The maximum atomic E-state index is 13.2. The maximum Gasteiger partial charge on any atom is 0.239 e. The van der Waals surface area contributed by atoms with E-state index in [1.165, 1.54) is 4.90 Å². The zero-order valence-corrected chi connectivity index (χ0v) is 14.1. The van der Waals surface area contributed by atoms with Gasteiger partial charge >= 0.3 is 0 Å². The number of nitrogens with two attached hydrogens (primary N) is 1. The first-order chi connectivity index (χ1) is 12.6. The van der Waals surface area contributed by atoms with Gasteiger partial charge in [0.1, 0.15) is 23.6 Å². The number of benzene rings is 1. The Kier molecular flexibility index (Phi) is 5.44. The summed E-state index contributed by atoms with van der Waals surface area (Å²) in [6.07, 6.45) is 1.34. The summed E-state index contributed by atoms with van der Waals surface area (Å²) >= 11 is 0. The Labute approximate surface area is 151 Å². The van der Waals surface area contributed by atoms with Crippen LogP contribution in [0.25, 0.3) is 0 Å². The van der Waals surface area contributed by atoms with Crippen LogP contribution in [0, 0.1) is 11.3 Å². The molecule has 0 radical (unpaired) electrons. The maximum absolute atomic E-state index is 13.2. The first kappa shape index (κ1) is 17.8. The molecule has 3 rings (SSSR count). The second-order valence-electron chi connectivity index (χ2n) is 6.19. The van der Waals surface area contributed by atoms with E-state index in [1.807, 2.05) is 6.07 Å². The molecule has 0 spiro atoms. The molecule has 1 aliphatic heterocycles. The minimum Gasteiger partial charge on any atom is -0.438 e.